The Bertz CT molecular complexity index is 1540. The lowest BCUT2D eigenvalue weighted by atomic mass is 10.2. The van der Waals surface area contributed by atoms with Gasteiger partial charge in [0.15, 0.2) is 5.69 Å². The summed E-state index contributed by atoms with van der Waals surface area (Å²) in [6.45, 7) is 0.960. The van der Waals surface area contributed by atoms with Gasteiger partial charge in [-0.2, -0.15) is 14.5 Å². The SMILES string of the molecule is O=c1ccn(-c2cccc(S(=O)(=O)N3CCCC3)c2)nc1-c1ccnn1-c1cc(F)ccc1F. The molecule has 2 aromatic carbocycles. The lowest BCUT2D eigenvalue weighted by Crippen LogP contribution is -2.28. The molecule has 174 valence electrons. The van der Waals surface area contributed by atoms with Gasteiger partial charge >= 0.3 is 0 Å². The topological polar surface area (TPSA) is 90.1 Å². The van der Waals surface area contributed by atoms with E-state index in [9.17, 15) is 22.0 Å². The van der Waals surface area contributed by atoms with Crippen molar-refractivity contribution in [3.8, 4) is 22.8 Å². The minimum absolute atomic E-state index is 0.0588. The Morgan fingerprint density at radius 3 is 2.53 bits per heavy atom. The Hall–Kier alpha value is -3.70. The molecule has 0 unspecified atom stereocenters. The second-order valence-corrected chi connectivity index (χ2v) is 9.74. The zero-order valence-electron chi connectivity index (χ0n) is 17.8. The first-order valence-electron chi connectivity index (χ1n) is 10.5. The van der Waals surface area contributed by atoms with Gasteiger partial charge in [0.05, 0.1) is 22.5 Å². The van der Waals surface area contributed by atoms with E-state index in [1.807, 2.05) is 0 Å². The second-order valence-electron chi connectivity index (χ2n) is 7.81. The van der Waals surface area contributed by atoms with Crippen molar-refractivity contribution in [2.45, 2.75) is 17.7 Å². The third kappa shape index (κ3) is 3.93. The number of hydrogen-bond donors (Lipinski definition) is 0. The van der Waals surface area contributed by atoms with E-state index in [0.717, 1.165) is 35.7 Å². The van der Waals surface area contributed by atoms with E-state index in [2.05, 4.69) is 10.2 Å². The molecule has 0 aliphatic carbocycles. The van der Waals surface area contributed by atoms with E-state index >= 15 is 0 Å². The van der Waals surface area contributed by atoms with Crippen LogP contribution in [-0.4, -0.2) is 45.4 Å². The summed E-state index contributed by atoms with van der Waals surface area (Å²) >= 11 is 0. The molecule has 0 bridgehead atoms. The van der Waals surface area contributed by atoms with E-state index in [4.69, 9.17) is 0 Å². The molecule has 0 radical (unpaired) electrons. The van der Waals surface area contributed by atoms with E-state index in [1.54, 1.807) is 12.1 Å². The molecule has 8 nitrogen and oxygen atoms in total. The maximum atomic E-state index is 14.4. The molecule has 1 aliphatic rings. The zero-order valence-corrected chi connectivity index (χ0v) is 18.6. The number of nitrogens with zero attached hydrogens (tertiary/aromatic N) is 5. The highest BCUT2D eigenvalue weighted by molar-refractivity contribution is 7.89. The van der Waals surface area contributed by atoms with Gasteiger partial charge in [-0.15, -0.1) is 0 Å². The Morgan fingerprint density at radius 1 is 0.941 bits per heavy atom. The van der Waals surface area contributed by atoms with Crippen LogP contribution in [0.15, 0.2) is 76.7 Å². The normalized spacial score (nSPS) is 14.5. The fraction of sp³-hybridized carbons (Fsp3) is 0.174. The first-order valence-corrected chi connectivity index (χ1v) is 12.0. The first-order chi connectivity index (χ1) is 16.3. The van der Waals surface area contributed by atoms with Crippen LogP contribution < -0.4 is 5.43 Å². The summed E-state index contributed by atoms with van der Waals surface area (Å²) in [4.78, 5) is 12.8. The fourth-order valence-electron chi connectivity index (χ4n) is 3.92. The Balaban J connectivity index is 1.58. The molecule has 4 aromatic rings. The molecular weight excluding hydrogens is 464 g/mol. The summed E-state index contributed by atoms with van der Waals surface area (Å²) < 4.78 is 57.9. The largest absolute Gasteiger partial charge is 0.287 e. The Morgan fingerprint density at radius 2 is 1.74 bits per heavy atom. The van der Waals surface area contributed by atoms with Crippen LogP contribution in [0.5, 0.6) is 0 Å². The molecule has 1 fully saturated rings. The highest BCUT2D eigenvalue weighted by Gasteiger charge is 2.27. The summed E-state index contributed by atoms with van der Waals surface area (Å²) in [5, 5.41) is 8.40. The van der Waals surface area contributed by atoms with Crippen molar-refractivity contribution in [1.29, 1.82) is 0 Å². The minimum atomic E-state index is -3.64. The molecule has 0 atom stereocenters. The van der Waals surface area contributed by atoms with Gasteiger partial charge in [-0.05, 0) is 49.2 Å². The van der Waals surface area contributed by atoms with Crippen molar-refractivity contribution >= 4 is 10.0 Å². The molecule has 0 saturated carbocycles. The molecule has 1 aliphatic heterocycles. The maximum absolute atomic E-state index is 14.4. The highest BCUT2D eigenvalue weighted by Crippen LogP contribution is 2.24. The number of benzene rings is 2. The van der Waals surface area contributed by atoms with E-state index in [1.165, 1.54) is 45.6 Å². The number of aromatic nitrogens is 4. The minimum Gasteiger partial charge on any atom is -0.287 e. The monoisotopic (exact) mass is 483 g/mol. The van der Waals surface area contributed by atoms with Gasteiger partial charge in [0.2, 0.25) is 15.5 Å². The van der Waals surface area contributed by atoms with Crippen LogP contribution in [0, 0.1) is 11.6 Å². The average molecular weight is 484 g/mol. The Labute approximate surface area is 193 Å². The highest BCUT2D eigenvalue weighted by atomic mass is 32.2. The summed E-state index contributed by atoms with van der Waals surface area (Å²) in [7, 11) is -3.64. The van der Waals surface area contributed by atoms with Crippen LogP contribution in [0.1, 0.15) is 12.8 Å². The molecule has 34 heavy (non-hydrogen) atoms. The van der Waals surface area contributed by atoms with Crippen molar-refractivity contribution in [3.05, 3.63) is 88.8 Å². The van der Waals surface area contributed by atoms with Crippen molar-refractivity contribution in [1.82, 2.24) is 23.9 Å². The quantitative estimate of drug-likeness (QED) is 0.435. The molecule has 0 spiro atoms. The molecule has 0 N–H and O–H groups in total. The smallest absolute Gasteiger partial charge is 0.243 e. The van der Waals surface area contributed by atoms with Crippen LogP contribution in [0.3, 0.4) is 0 Å². The van der Waals surface area contributed by atoms with Crippen LogP contribution in [0.25, 0.3) is 22.8 Å². The van der Waals surface area contributed by atoms with Gasteiger partial charge in [0.25, 0.3) is 0 Å². The third-order valence-electron chi connectivity index (χ3n) is 5.61. The molecule has 11 heteroatoms. The average Bonchev–Trinajstić information content (AvgIpc) is 3.54. The van der Waals surface area contributed by atoms with Gasteiger partial charge in [-0.1, -0.05) is 6.07 Å². The molecule has 1 saturated heterocycles. The maximum Gasteiger partial charge on any atom is 0.243 e. The van der Waals surface area contributed by atoms with Crippen LogP contribution in [-0.2, 0) is 10.0 Å². The summed E-state index contributed by atoms with van der Waals surface area (Å²) in [5.41, 5.74) is -0.114. The predicted molar refractivity (Wildman–Crippen MR) is 120 cm³/mol. The lowest BCUT2D eigenvalue weighted by Gasteiger charge is -2.16. The van der Waals surface area contributed by atoms with Crippen molar-refractivity contribution in [3.63, 3.8) is 0 Å². The summed E-state index contributed by atoms with van der Waals surface area (Å²) in [6.07, 6.45) is 4.41. The van der Waals surface area contributed by atoms with Crippen molar-refractivity contribution in [2.24, 2.45) is 0 Å². The predicted octanol–water partition coefficient (Wildman–Crippen LogP) is 3.15. The van der Waals surface area contributed by atoms with Crippen LogP contribution in [0.4, 0.5) is 8.78 Å². The number of rotatable bonds is 5. The third-order valence-corrected chi connectivity index (χ3v) is 7.51. The van der Waals surface area contributed by atoms with Gasteiger partial charge in [0.1, 0.15) is 17.3 Å². The van der Waals surface area contributed by atoms with Crippen molar-refractivity contribution in [2.75, 3.05) is 13.1 Å². The van der Waals surface area contributed by atoms with Crippen LogP contribution >= 0.6 is 0 Å². The van der Waals surface area contributed by atoms with Gasteiger partial charge in [-0.25, -0.2) is 26.6 Å². The summed E-state index contributed by atoms with van der Waals surface area (Å²) in [5.74, 6) is -1.38. The Kier molecular flexibility index (Phi) is 5.58. The first kappa shape index (κ1) is 22.1. The number of halogens is 2. The van der Waals surface area contributed by atoms with Gasteiger partial charge in [-0.3, -0.25) is 4.79 Å². The van der Waals surface area contributed by atoms with Crippen molar-refractivity contribution < 1.29 is 17.2 Å². The van der Waals surface area contributed by atoms with Gasteiger partial charge < -0.3 is 0 Å². The standard InChI is InChI=1S/C23H19F2N5O3S/c24-16-6-7-19(25)21(14-16)30-20(8-10-26-30)23-22(31)9-13-29(27-23)17-4-3-5-18(15-17)34(32,33)28-11-1-2-12-28/h3-10,13-15H,1-2,11-12H2. The zero-order chi connectivity index (χ0) is 23.9. The fourth-order valence-corrected chi connectivity index (χ4v) is 5.47. The van der Waals surface area contributed by atoms with Crippen LogP contribution in [0.2, 0.25) is 0 Å². The molecule has 3 heterocycles. The molecular formula is C23H19F2N5O3S. The molecule has 0 amide bonds. The number of sulfonamides is 1. The van der Waals surface area contributed by atoms with Gasteiger partial charge in [0, 0.05) is 31.4 Å². The second kappa shape index (κ2) is 8.58. The number of hydrogen-bond acceptors (Lipinski definition) is 5. The lowest BCUT2D eigenvalue weighted by molar-refractivity contribution is 0.477. The van der Waals surface area contributed by atoms with E-state index < -0.39 is 27.1 Å². The summed E-state index contributed by atoms with van der Waals surface area (Å²) in [6, 6.07) is 11.9. The van der Waals surface area contributed by atoms with E-state index in [0.29, 0.717) is 18.8 Å². The van der Waals surface area contributed by atoms with E-state index in [-0.39, 0.29) is 22.0 Å². The molecule has 2 aromatic heterocycles. The molecule has 5 rings (SSSR count).